The molecule has 39 heavy (non-hydrogen) atoms. The molecule has 0 aromatic heterocycles. The fourth-order valence-corrected chi connectivity index (χ4v) is 5.77. The molecular formula is C28H39FN4O5S. The van der Waals surface area contributed by atoms with Gasteiger partial charge in [-0.25, -0.2) is 8.70 Å². The van der Waals surface area contributed by atoms with Gasteiger partial charge in [-0.05, 0) is 61.2 Å². The van der Waals surface area contributed by atoms with Crippen LogP contribution in [0.25, 0.3) is 0 Å². The van der Waals surface area contributed by atoms with Crippen LogP contribution in [0.3, 0.4) is 0 Å². The summed E-state index contributed by atoms with van der Waals surface area (Å²) in [6.07, 6.45) is 5.38. The van der Waals surface area contributed by atoms with Crippen molar-refractivity contribution in [2.24, 2.45) is 0 Å². The summed E-state index contributed by atoms with van der Waals surface area (Å²) in [7, 11) is 0.165. The van der Waals surface area contributed by atoms with Crippen LogP contribution in [0.4, 0.5) is 10.1 Å². The minimum atomic E-state index is -4.11. The van der Waals surface area contributed by atoms with E-state index in [0.29, 0.717) is 12.2 Å². The highest BCUT2D eigenvalue weighted by molar-refractivity contribution is 7.90. The molecule has 1 fully saturated rings. The lowest BCUT2D eigenvalue weighted by Gasteiger charge is -2.35. The third-order valence-electron chi connectivity index (χ3n) is 6.98. The molecule has 0 radical (unpaired) electrons. The van der Waals surface area contributed by atoms with E-state index >= 15 is 0 Å². The minimum absolute atomic E-state index is 0.0584. The van der Waals surface area contributed by atoms with Gasteiger partial charge in [-0.2, -0.15) is 12.7 Å². The highest BCUT2D eigenvalue weighted by Crippen LogP contribution is 2.23. The van der Waals surface area contributed by atoms with Crippen molar-refractivity contribution in [3.8, 4) is 5.75 Å². The zero-order valence-electron chi connectivity index (χ0n) is 23.1. The molecule has 0 unspecified atom stereocenters. The number of rotatable bonds is 12. The van der Waals surface area contributed by atoms with Crippen LogP contribution in [-0.4, -0.2) is 69.3 Å². The van der Waals surface area contributed by atoms with Crippen LogP contribution < -0.4 is 14.4 Å². The summed E-state index contributed by atoms with van der Waals surface area (Å²) in [5.41, 5.74) is 0.902. The molecule has 214 valence electrons. The van der Waals surface area contributed by atoms with Gasteiger partial charge in [-0.15, -0.1) is 0 Å². The van der Waals surface area contributed by atoms with E-state index < -0.39 is 34.5 Å². The Morgan fingerprint density at radius 2 is 1.64 bits per heavy atom. The summed E-state index contributed by atoms with van der Waals surface area (Å²) in [6, 6.07) is 11.3. The van der Waals surface area contributed by atoms with Crippen LogP contribution in [-0.2, 0) is 26.3 Å². The van der Waals surface area contributed by atoms with Crippen molar-refractivity contribution >= 4 is 27.7 Å². The Labute approximate surface area is 231 Å². The first-order valence-electron chi connectivity index (χ1n) is 13.2. The molecule has 11 heteroatoms. The topological polar surface area (TPSA) is 99.3 Å². The van der Waals surface area contributed by atoms with E-state index in [9.17, 15) is 22.4 Å². The average Bonchev–Trinajstić information content (AvgIpc) is 2.92. The number of anilines is 1. The summed E-state index contributed by atoms with van der Waals surface area (Å²) >= 11 is 0. The quantitative estimate of drug-likeness (QED) is 0.425. The summed E-state index contributed by atoms with van der Waals surface area (Å²) in [6.45, 7) is 1.36. The van der Waals surface area contributed by atoms with Gasteiger partial charge in [0.25, 0.3) is 0 Å². The van der Waals surface area contributed by atoms with E-state index in [1.54, 1.807) is 31.4 Å². The van der Waals surface area contributed by atoms with Crippen molar-refractivity contribution in [3.63, 3.8) is 0 Å². The molecule has 0 spiro atoms. The molecule has 1 N–H and O–H groups in total. The number of methoxy groups -OCH3 is 1. The van der Waals surface area contributed by atoms with Crippen LogP contribution >= 0.6 is 0 Å². The van der Waals surface area contributed by atoms with E-state index in [1.165, 1.54) is 31.1 Å². The SMILES string of the molecule is CC[C@H](C(=O)NC1CCCCC1)N(Cc1ccc(OC)cc1)C(=O)CN(c1ccc(F)cc1)S(=O)(=O)N(C)C. The Balaban J connectivity index is 1.95. The number of benzene rings is 2. The van der Waals surface area contributed by atoms with Crippen molar-refractivity contribution in [1.82, 2.24) is 14.5 Å². The predicted octanol–water partition coefficient (Wildman–Crippen LogP) is 3.70. The Bertz CT molecular complexity index is 1200. The molecule has 0 saturated heterocycles. The Kier molecular flexibility index (Phi) is 10.7. The first-order chi connectivity index (χ1) is 18.6. The van der Waals surface area contributed by atoms with Gasteiger partial charge >= 0.3 is 10.2 Å². The monoisotopic (exact) mass is 562 g/mol. The molecular weight excluding hydrogens is 523 g/mol. The van der Waals surface area contributed by atoms with Gasteiger partial charge in [0.05, 0.1) is 12.8 Å². The first-order valence-corrected chi connectivity index (χ1v) is 14.6. The second-order valence-corrected chi connectivity index (χ2v) is 12.0. The number of nitrogens with zero attached hydrogens (tertiary/aromatic N) is 3. The number of hydrogen-bond acceptors (Lipinski definition) is 5. The molecule has 2 aromatic rings. The number of carbonyl (C=O) groups is 2. The third kappa shape index (κ3) is 7.92. The molecule has 1 aliphatic carbocycles. The third-order valence-corrected chi connectivity index (χ3v) is 8.80. The number of nitrogens with one attached hydrogen (secondary N) is 1. The molecule has 0 bridgehead atoms. The Morgan fingerprint density at radius 1 is 1.03 bits per heavy atom. The second-order valence-electron chi connectivity index (χ2n) is 9.91. The number of hydrogen-bond donors (Lipinski definition) is 1. The van der Waals surface area contributed by atoms with Gasteiger partial charge < -0.3 is 15.0 Å². The highest BCUT2D eigenvalue weighted by Gasteiger charge is 2.34. The first kappa shape index (κ1) is 30.4. The maximum Gasteiger partial charge on any atom is 0.304 e. The van der Waals surface area contributed by atoms with Crippen molar-refractivity contribution < 1.29 is 27.1 Å². The number of halogens is 1. The lowest BCUT2D eigenvalue weighted by molar-refractivity contribution is -0.140. The van der Waals surface area contributed by atoms with Crippen molar-refractivity contribution in [3.05, 3.63) is 59.9 Å². The van der Waals surface area contributed by atoms with Gasteiger partial charge in [0.2, 0.25) is 11.8 Å². The van der Waals surface area contributed by atoms with Crippen molar-refractivity contribution in [2.45, 2.75) is 64.1 Å². The van der Waals surface area contributed by atoms with Gasteiger partial charge in [0.15, 0.2) is 0 Å². The Hall–Kier alpha value is -3.18. The molecule has 0 heterocycles. The van der Waals surface area contributed by atoms with Crippen LogP contribution in [0.2, 0.25) is 0 Å². The lowest BCUT2D eigenvalue weighted by Crippen LogP contribution is -2.54. The van der Waals surface area contributed by atoms with Crippen LogP contribution in [0.5, 0.6) is 5.75 Å². The standard InChI is InChI=1S/C28H39FN4O5S/c1-5-26(28(35)30-23-9-7-6-8-10-23)32(19-21-11-17-25(38-4)18-12-21)27(34)20-33(39(36,37)31(2)3)24-15-13-22(29)14-16-24/h11-18,23,26H,5-10,19-20H2,1-4H3,(H,30,35)/t26-/m1/s1. The molecule has 3 rings (SSSR count). The van der Waals surface area contributed by atoms with Gasteiger partial charge in [-0.3, -0.25) is 9.59 Å². The van der Waals surface area contributed by atoms with E-state index in [-0.39, 0.29) is 24.2 Å². The summed E-state index contributed by atoms with van der Waals surface area (Å²) in [5, 5.41) is 3.11. The van der Waals surface area contributed by atoms with Gasteiger partial charge in [-0.1, -0.05) is 38.3 Å². The number of ether oxygens (including phenoxy) is 1. The fraction of sp³-hybridized carbons (Fsp3) is 0.500. The summed E-state index contributed by atoms with van der Waals surface area (Å²) in [5.74, 6) is -0.682. The zero-order chi connectivity index (χ0) is 28.6. The molecule has 0 aliphatic heterocycles. The van der Waals surface area contributed by atoms with Gasteiger partial charge in [0.1, 0.15) is 24.2 Å². The average molecular weight is 563 g/mol. The molecule has 2 amide bonds. The fourth-order valence-electron chi connectivity index (χ4n) is 4.72. The molecule has 1 atom stereocenters. The highest BCUT2D eigenvalue weighted by atomic mass is 32.2. The van der Waals surface area contributed by atoms with Crippen LogP contribution in [0.15, 0.2) is 48.5 Å². The van der Waals surface area contributed by atoms with Crippen molar-refractivity contribution in [2.75, 3.05) is 32.1 Å². The number of amides is 2. The largest absolute Gasteiger partial charge is 0.497 e. The minimum Gasteiger partial charge on any atom is -0.497 e. The van der Waals surface area contributed by atoms with E-state index in [4.69, 9.17) is 4.74 Å². The van der Waals surface area contributed by atoms with E-state index in [2.05, 4.69) is 5.32 Å². The molecule has 2 aromatic carbocycles. The van der Waals surface area contributed by atoms with Crippen LogP contribution in [0.1, 0.15) is 51.0 Å². The van der Waals surface area contributed by atoms with E-state index in [0.717, 1.165) is 58.4 Å². The van der Waals surface area contributed by atoms with Crippen LogP contribution in [0, 0.1) is 5.82 Å². The van der Waals surface area contributed by atoms with Gasteiger partial charge in [0, 0.05) is 26.7 Å². The van der Waals surface area contributed by atoms with E-state index in [1.807, 2.05) is 6.92 Å². The second kappa shape index (κ2) is 13.7. The Morgan fingerprint density at radius 3 is 2.18 bits per heavy atom. The van der Waals surface area contributed by atoms with Crippen molar-refractivity contribution in [1.29, 1.82) is 0 Å². The molecule has 1 saturated carbocycles. The molecule has 9 nitrogen and oxygen atoms in total. The predicted molar refractivity (Wildman–Crippen MR) is 149 cm³/mol. The number of carbonyl (C=O) groups excluding carboxylic acids is 2. The zero-order valence-corrected chi connectivity index (χ0v) is 23.9. The smallest absolute Gasteiger partial charge is 0.304 e. The maximum absolute atomic E-state index is 13.9. The molecule has 1 aliphatic rings. The maximum atomic E-state index is 13.9. The summed E-state index contributed by atoms with van der Waals surface area (Å²) in [4.78, 5) is 28.8. The summed E-state index contributed by atoms with van der Waals surface area (Å²) < 4.78 is 47.2. The lowest BCUT2D eigenvalue weighted by atomic mass is 9.95. The normalized spacial score (nSPS) is 15.0.